The highest BCUT2D eigenvalue weighted by Crippen LogP contribution is 2.16. The molecule has 0 bridgehead atoms. The van der Waals surface area contributed by atoms with Gasteiger partial charge in [0.15, 0.2) is 0 Å². The van der Waals surface area contributed by atoms with Crippen molar-refractivity contribution in [3.8, 4) is 0 Å². The van der Waals surface area contributed by atoms with Gasteiger partial charge >= 0.3 is 0 Å². The van der Waals surface area contributed by atoms with Crippen LogP contribution in [0.15, 0.2) is 22.8 Å². The first-order valence-corrected chi connectivity index (χ1v) is 5.00. The molecule has 1 heterocycles. The molecule has 1 aromatic heterocycles. The normalized spacial score (nSPS) is 13.5. The van der Waals surface area contributed by atoms with Crippen molar-refractivity contribution in [1.29, 1.82) is 0 Å². The van der Waals surface area contributed by atoms with Crippen LogP contribution in [0.2, 0.25) is 0 Å². The molecule has 0 spiro atoms. The Bertz CT molecular complexity index is 216. The third-order valence-corrected chi connectivity index (χ3v) is 2.07. The molecule has 0 saturated carbocycles. The van der Waals surface area contributed by atoms with Crippen LogP contribution in [0.4, 0.5) is 0 Å². The molecule has 0 fully saturated rings. The fourth-order valence-corrected chi connectivity index (χ4v) is 1.31. The third-order valence-electron chi connectivity index (χ3n) is 2.07. The Morgan fingerprint density at radius 2 is 2.23 bits per heavy atom. The van der Waals surface area contributed by atoms with Crippen molar-refractivity contribution in [2.45, 2.75) is 33.2 Å². The van der Waals surface area contributed by atoms with Crippen LogP contribution in [-0.2, 0) is 0 Å². The summed E-state index contributed by atoms with van der Waals surface area (Å²) in [5.74, 6) is 1.73. The largest absolute Gasteiger partial charge is 0.468 e. The summed E-state index contributed by atoms with van der Waals surface area (Å²) in [6, 6.07) is 4.34. The summed E-state index contributed by atoms with van der Waals surface area (Å²) in [5, 5.41) is 3.48. The topological polar surface area (TPSA) is 25.2 Å². The van der Waals surface area contributed by atoms with Crippen molar-refractivity contribution < 1.29 is 4.42 Å². The van der Waals surface area contributed by atoms with Crippen molar-refractivity contribution in [1.82, 2.24) is 5.32 Å². The molecule has 13 heavy (non-hydrogen) atoms. The second-order valence-corrected chi connectivity index (χ2v) is 3.78. The van der Waals surface area contributed by atoms with Gasteiger partial charge in [0.25, 0.3) is 0 Å². The van der Waals surface area contributed by atoms with Crippen LogP contribution >= 0.6 is 0 Å². The lowest BCUT2D eigenvalue weighted by Crippen LogP contribution is -2.24. The molecule has 0 saturated heterocycles. The summed E-state index contributed by atoms with van der Waals surface area (Å²) in [7, 11) is 0. The summed E-state index contributed by atoms with van der Waals surface area (Å²) >= 11 is 0. The Balaban J connectivity index is 2.44. The lowest BCUT2D eigenvalue weighted by molar-refractivity contribution is 0.387. The molecule has 1 atom stereocenters. The van der Waals surface area contributed by atoms with Crippen LogP contribution in [0.25, 0.3) is 0 Å². The molecule has 0 amide bonds. The second kappa shape index (κ2) is 5.07. The van der Waals surface area contributed by atoms with E-state index in [2.05, 4.69) is 26.1 Å². The number of rotatable bonds is 5. The van der Waals surface area contributed by atoms with Gasteiger partial charge in [0, 0.05) is 0 Å². The van der Waals surface area contributed by atoms with E-state index in [0.29, 0.717) is 12.0 Å². The van der Waals surface area contributed by atoms with Crippen molar-refractivity contribution in [2.24, 2.45) is 5.92 Å². The van der Waals surface area contributed by atoms with Gasteiger partial charge in [0.05, 0.1) is 12.3 Å². The molecule has 0 aromatic carbocycles. The molecule has 2 nitrogen and oxygen atoms in total. The molecule has 1 aromatic rings. The average Bonchev–Trinajstić information content (AvgIpc) is 2.58. The van der Waals surface area contributed by atoms with Gasteiger partial charge in [-0.2, -0.15) is 0 Å². The van der Waals surface area contributed by atoms with Crippen LogP contribution in [0.5, 0.6) is 0 Å². The molecule has 1 unspecified atom stereocenters. The highest BCUT2D eigenvalue weighted by atomic mass is 16.3. The van der Waals surface area contributed by atoms with E-state index in [4.69, 9.17) is 4.42 Å². The minimum Gasteiger partial charge on any atom is -0.468 e. The van der Waals surface area contributed by atoms with Crippen molar-refractivity contribution in [3.63, 3.8) is 0 Å². The predicted octanol–water partition coefficient (Wildman–Crippen LogP) is 2.98. The fourth-order valence-electron chi connectivity index (χ4n) is 1.31. The Morgan fingerprint density at radius 1 is 1.46 bits per heavy atom. The quantitative estimate of drug-likeness (QED) is 0.755. The minimum atomic E-state index is 0.373. The molecule has 0 radical (unpaired) electrons. The van der Waals surface area contributed by atoms with E-state index in [1.54, 1.807) is 6.26 Å². The fraction of sp³-hybridized carbons (Fsp3) is 0.636. The summed E-state index contributed by atoms with van der Waals surface area (Å²) in [5.41, 5.74) is 0. The minimum absolute atomic E-state index is 0.373. The maximum atomic E-state index is 5.36. The summed E-state index contributed by atoms with van der Waals surface area (Å²) < 4.78 is 5.36. The van der Waals surface area contributed by atoms with Gasteiger partial charge in [0.2, 0.25) is 0 Å². The van der Waals surface area contributed by atoms with E-state index in [-0.39, 0.29) is 0 Å². The molecule has 0 aliphatic rings. The monoisotopic (exact) mass is 181 g/mol. The highest BCUT2D eigenvalue weighted by molar-refractivity contribution is 5.03. The highest BCUT2D eigenvalue weighted by Gasteiger charge is 2.10. The number of hydrogen-bond acceptors (Lipinski definition) is 2. The van der Waals surface area contributed by atoms with Crippen molar-refractivity contribution in [3.05, 3.63) is 24.2 Å². The second-order valence-electron chi connectivity index (χ2n) is 3.78. The van der Waals surface area contributed by atoms with Gasteiger partial charge in [-0.25, -0.2) is 0 Å². The maximum absolute atomic E-state index is 5.36. The molecular formula is C11H19NO. The first-order chi connectivity index (χ1) is 6.24. The number of hydrogen-bond donors (Lipinski definition) is 1. The first kappa shape index (κ1) is 10.3. The Labute approximate surface area is 80.3 Å². The Kier molecular flexibility index (Phi) is 4.03. The SMILES string of the molecule is CCC(NCC(C)C)c1ccco1. The van der Waals surface area contributed by atoms with E-state index in [0.717, 1.165) is 18.7 Å². The van der Waals surface area contributed by atoms with E-state index >= 15 is 0 Å². The molecule has 1 N–H and O–H groups in total. The molecule has 0 aliphatic heterocycles. The van der Waals surface area contributed by atoms with Gasteiger partial charge in [0.1, 0.15) is 5.76 Å². The number of nitrogens with one attached hydrogen (secondary N) is 1. The van der Waals surface area contributed by atoms with E-state index < -0.39 is 0 Å². The van der Waals surface area contributed by atoms with Crippen LogP contribution < -0.4 is 5.32 Å². The average molecular weight is 181 g/mol. The van der Waals surface area contributed by atoms with E-state index in [1.807, 2.05) is 12.1 Å². The molecular weight excluding hydrogens is 162 g/mol. The van der Waals surface area contributed by atoms with Crippen LogP contribution in [0.3, 0.4) is 0 Å². The zero-order chi connectivity index (χ0) is 9.68. The molecule has 74 valence electrons. The van der Waals surface area contributed by atoms with Gasteiger partial charge in [-0.3, -0.25) is 0 Å². The smallest absolute Gasteiger partial charge is 0.120 e. The molecule has 1 rings (SSSR count). The summed E-state index contributed by atoms with van der Waals surface area (Å²) in [4.78, 5) is 0. The first-order valence-electron chi connectivity index (χ1n) is 5.00. The van der Waals surface area contributed by atoms with Crippen molar-refractivity contribution >= 4 is 0 Å². The van der Waals surface area contributed by atoms with Gasteiger partial charge in [-0.15, -0.1) is 0 Å². The lowest BCUT2D eigenvalue weighted by atomic mass is 10.1. The molecule has 2 heteroatoms. The van der Waals surface area contributed by atoms with Gasteiger partial charge in [-0.1, -0.05) is 20.8 Å². The Morgan fingerprint density at radius 3 is 2.69 bits per heavy atom. The third kappa shape index (κ3) is 3.23. The number of furan rings is 1. The lowest BCUT2D eigenvalue weighted by Gasteiger charge is -2.15. The predicted molar refractivity (Wildman–Crippen MR) is 54.6 cm³/mol. The maximum Gasteiger partial charge on any atom is 0.120 e. The van der Waals surface area contributed by atoms with E-state index in [1.165, 1.54) is 0 Å². The zero-order valence-corrected chi connectivity index (χ0v) is 8.71. The van der Waals surface area contributed by atoms with Gasteiger partial charge < -0.3 is 9.73 Å². The summed E-state index contributed by atoms with van der Waals surface area (Å²) in [6.45, 7) is 7.63. The molecule has 0 aliphatic carbocycles. The van der Waals surface area contributed by atoms with Crippen molar-refractivity contribution in [2.75, 3.05) is 6.54 Å². The zero-order valence-electron chi connectivity index (χ0n) is 8.71. The summed E-state index contributed by atoms with van der Waals surface area (Å²) in [6.07, 6.45) is 2.80. The standard InChI is InChI=1S/C11H19NO/c1-4-10(12-8-9(2)3)11-6-5-7-13-11/h5-7,9-10,12H,4,8H2,1-3H3. The van der Waals surface area contributed by atoms with E-state index in [9.17, 15) is 0 Å². The van der Waals surface area contributed by atoms with Crippen LogP contribution in [0, 0.1) is 5.92 Å². The van der Waals surface area contributed by atoms with Gasteiger partial charge in [-0.05, 0) is 31.0 Å². The Hall–Kier alpha value is -0.760. The van der Waals surface area contributed by atoms with Crippen LogP contribution in [-0.4, -0.2) is 6.54 Å². The van der Waals surface area contributed by atoms with Crippen LogP contribution in [0.1, 0.15) is 39.0 Å².